The van der Waals surface area contributed by atoms with Crippen LogP contribution in [0.15, 0.2) is 59.2 Å². The molecule has 1 aliphatic carbocycles. The van der Waals surface area contributed by atoms with Gasteiger partial charge < -0.3 is 24.6 Å². The molecule has 2 fully saturated rings. The average Bonchev–Trinajstić information content (AvgIpc) is 3.44. The number of allylic oxidation sites excluding steroid dienone is 1. The zero-order chi connectivity index (χ0) is 27.8. The monoisotopic (exact) mass is 535 g/mol. The van der Waals surface area contributed by atoms with E-state index in [9.17, 15) is 29.1 Å². The number of phenols is 1. The van der Waals surface area contributed by atoms with E-state index in [0.717, 1.165) is 16.7 Å². The number of nitrogens with zero attached hydrogens (tertiary/aromatic N) is 1. The molecule has 2 aromatic rings. The van der Waals surface area contributed by atoms with Gasteiger partial charge in [-0.3, -0.25) is 14.5 Å². The number of methoxy groups -OCH3 is 1. The SMILES string of the molecule is COCC1=C2[C@@H](CC/C(C)=C/c3ccc(O)c(F)c3)OC[C@@H]2[C@@H]2C(=O)N(c3cccc(B(O)O)c3)C(=O)[C@@H]2C1. The number of ether oxygens (including phenoxy) is 2. The molecule has 0 unspecified atom stereocenters. The Morgan fingerprint density at radius 2 is 1.97 bits per heavy atom. The smallest absolute Gasteiger partial charge is 0.488 e. The molecule has 39 heavy (non-hydrogen) atoms. The zero-order valence-electron chi connectivity index (χ0n) is 21.8. The van der Waals surface area contributed by atoms with E-state index in [-0.39, 0.29) is 35.0 Å². The number of fused-ring (bicyclic) bond motifs is 3. The van der Waals surface area contributed by atoms with Crippen LogP contribution in [0.5, 0.6) is 5.75 Å². The molecule has 3 aliphatic rings. The molecule has 204 valence electrons. The molecule has 2 saturated heterocycles. The predicted molar refractivity (Wildman–Crippen MR) is 143 cm³/mol. The molecule has 10 heteroatoms. The third-order valence-electron chi connectivity index (χ3n) is 7.94. The highest BCUT2D eigenvalue weighted by molar-refractivity contribution is 6.58. The molecule has 2 amide bonds. The summed E-state index contributed by atoms with van der Waals surface area (Å²) in [4.78, 5) is 28.4. The van der Waals surface area contributed by atoms with E-state index in [0.29, 0.717) is 43.7 Å². The van der Waals surface area contributed by atoms with E-state index in [2.05, 4.69) is 0 Å². The molecule has 0 radical (unpaired) electrons. The molecule has 2 aromatic carbocycles. The summed E-state index contributed by atoms with van der Waals surface area (Å²) in [7, 11) is -0.112. The zero-order valence-corrected chi connectivity index (χ0v) is 21.8. The molecule has 0 saturated carbocycles. The maximum absolute atomic E-state index is 13.7. The van der Waals surface area contributed by atoms with Crippen LogP contribution in [-0.4, -0.2) is 60.5 Å². The van der Waals surface area contributed by atoms with Crippen molar-refractivity contribution in [2.45, 2.75) is 32.3 Å². The summed E-state index contributed by atoms with van der Waals surface area (Å²) in [5, 5.41) is 28.6. The third-order valence-corrected chi connectivity index (χ3v) is 7.94. The Labute approximate surface area is 226 Å². The molecule has 0 bridgehead atoms. The fourth-order valence-corrected chi connectivity index (χ4v) is 6.19. The van der Waals surface area contributed by atoms with Crippen molar-refractivity contribution in [3.8, 4) is 5.75 Å². The Morgan fingerprint density at radius 1 is 1.18 bits per heavy atom. The van der Waals surface area contributed by atoms with Gasteiger partial charge in [0.2, 0.25) is 11.8 Å². The number of phenolic OH excluding ortho intramolecular Hbond substituents is 1. The number of anilines is 1. The second-order valence-electron chi connectivity index (χ2n) is 10.5. The van der Waals surface area contributed by atoms with Crippen molar-refractivity contribution >= 4 is 36.2 Å². The lowest BCUT2D eigenvalue weighted by molar-refractivity contribution is -0.122. The van der Waals surface area contributed by atoms with Crippen molar-refractivity contribution in [1.29, 1.82) is 0 Å². The van der Waals surface area contributed by atoms with Crippen LogP contribution in [0.2, 0.25) is 0 Å². The van der Waals surface area contributed by atoms with Crippen LogP contribution >= 0.6 is 0 Å². The first-order chi connectivity index (χ1) is 18.7. The largest absolute Gasteiger partial charge is 0.505 e. The Morgan fingerprint density at radius 3 is 2.69 bits per heavy atom. The van der Waals surface area contributed by atoms with Crippen molar-refractivity contribution in [2.75, 3.05) is 25.2 Å². The maximum atomic E-state index is 13.7. The normalized spacial score (nSPS) is 24.8. The van der Waals surface area contributed by atoms with Crippen LogP contribution in [0.3, 0.4) is 0 Å². The number of carbonyl (C=O) groups excluding carboxylic acids is 2. The second-order valence-corrected chi connectivity index (χ2v) is 10.5. The first-order valence-corrected chi connectivity index (χ1v) is 13.0. The van der Waals surface area contributed by atoms with Gasteiger partial charge in [-0.05, 0) is 72.6 Å². The Balaban J connectivity index is 1.37. The van der Waals surface area contributed by atoms with Gasteiger partial charge >= 0.3 is 7.12 Å². The van der Waals surface area contributed by atoms with Gasteiger partial charge in [-0.25, -0.2) is 4.39 Å². The Hall–Kier alpha value is -3.31. The molecule has 2 aliphatic heterocycles. The highest BCUT2D eigenvalue weighted by Crippen LogP contribution is 2.50. The van der Waals surface area contributed by atoms with Crippen LogP contribution in [-0.2, 0) is 19.1 Å². The molecular formula is C29H31BFNO7. The van der Waals surface area contributed by atoms with Crippen LogP contribution in [0, 0.1) is 23.6 Å². The third kappa shape index (κ3) is 5.17. The van der Waals surface area contributed by atoms with Gasteiger partial charge in [-0.2, -0.15) is 0 Å². The number of hydrogen-bond acceptors (Lipinski definition) is 7. The Bertz CT molecular complexity index is 1360. The fraction of sp³-hybridized carbons (Fsp3) is 0.379. The maximum Gasteiger partial charge on any atom is 0.488 e. The summed E-state index contributed by atoms with van der Waals surface area (Å²) in [6, 6.07) is 10.4. The Kier molecular flexibility index (Phi) is 7.73. The van der Waals surface area contributed by atoms with E-state index in [4.69, 9.17) is 9.47 Å². The van der Waals surface area contributed by atoms with E-state index >= 15 is 0 Å². The minimum absolute atomic E-state index is 0.199. The molecule has 0 spiro atoms. The van der Waals surface area contributed by atoms with Crippen molar-refractivity contribution in [1.82, 2.24) is 0 Å². The average molecular weight is 535 g/mol. The first-order valence-electron chi connectivity index (χ1n) is 13.0. The minimum atomic E-state index is -1.71. The van der Waals surface area contributed by atoms with Gasteiger partial charge in [0.25, 0.3) is 0 Å². The highest BCUT2D eigenvalue weighted by atomic mass is 19.1. The highest BCUT2D eigenvalue weighted by Gasteiger charge is 2.57. The lowest BCUT2D eigenvalue weighted by Crippen LogP contribution is -2.36. The number of hydrogen-bond donors (Lipinski definition) is 3. The summed E-state index contributed by atoms with van der Waals surface area (Å²) in [6.45, 7) is 2.61. The van der Waals surface area contributed by atoms with Gasteiger partial charge in [-0.15, -0.1) is 0 Å². The van der Waals surface area contributed by atoms with Crippen LogP contribution < -0.4 is 10.4 Å². The predicted octanol–water partition coefficient (Wildman–Crippen LogP) is 2.56. The van der Waals surface area contributed by atoms with Gasteiger partial charge in [-0.1, -0.05) is 29.8 Å². The quantitative estimate of drug-likeness (QED) is 0.270. The number of benzene rings is 2. The molecule has 4 atom stereocenters. The lowest BCUT2D eigenvalue weighted by atomic mass is 9.69. The van der Waals surface area contributed by atoms with Gasteiger partial charge in [0.05, 0.1) is 36.8 Å². The van der Waals surface area contributed by atoms with Gasteiger partial charge in [0.15, 0.2) is 11.6 Å². The summed E-state index contributed by atoms with van der Waals surface area (Å²) >= 11 is 0. The van der Waals surface area contributed by atoms with E-state index in [1.54, 1.807) is 25.3 Å². The minimum Gasteiger partial charge on any atom is -0.505 e. The van der Waals surface area contributed by atoms with Crippen molar-refractivity contribution in [3.05, 3.63) is 70.6 Å². The van der Waals surface area contributed by atoms with Gasteiger partial charge in [0.1, 0.15) is 0 Å². The molecule has 3 N–H and O–H groups in total. The van der Waals surface area contributed by atoms with Crippen molar-refractivity contribution in [3.63, 3.8) is 0 Å². The number of imide groups is 1. The van der Waals surface area contributed by atoms with Crippen molar-refractivity contribution < 1.29 is 38.6 Å². The summed E-state index contributed by atoms with van der Waals surface area (Å²) in [5.74, 6) is -3.00. The molecule has 5 rings (SSSR count). The van der Waals surface area contributed by atoms with Crippen molar-refractivity contribution in [2.24, 2.45) is 17.8 Å². The molecule has 2 heterocycles. The summed E-state index contributed by atoms with van der Waals surface area (Å²) in [5.41, 5.74) is 4.20. The number of halogens is 1. The molecule has 8 nitrogen and oxygen atoms in total. The van der Waals surface area contributed by atoms with E-state index in [1.165, 1.54) is 29.2 Å². The molecular weight excluding hydrogens is 504 g/mol. The fourth-order valence-electron chi connectivity index (χ4n) is 6.19. The number of aromatic hydroxyl groups is 1. The number of carbonyl (C=O) groups is 2. The molecule has 0 aromatic heterocycles. The van der Waals surface area contributed by atoms with Crippen LogP contribution in [0.1, 0.15) is 31.7 Å². The summed E-state index contributed by atoms with van der Waals surface area (Å²) < 4.78 is 25.4. The van der Waals surface area contributed by atoms with Crippen LogP contribution in [0.4, 0.5) is 10.1 Å². The van der Waals surface area contributed by atoms with Gasteiger partial charge in [0, 0.05) is 13.0 Å². The van der Waals surface area contributed by atoms with E-state index in [1.807, 2.05) is 13.0 Å². The topological polar surface area (TPSA) is 117 Å². The van der Waals surface area contributed by atoms with Crippen LogP contribution in [0.25, 0.3) is 6.08 Å². The number of rotatable bonds is 8. The summed E-state index contributed by atoms with van der Waals surface area (Å²) in [6.07, 6.45) is 3.36. The first kappa shape index (κ1) is 27.3. The standard InChI is InChI=1S/C29H31BFNO7/c1-16(10-17-7-8-24(33)23(31)11-17)6-9-25-26-18(14-38-2)12-21-27(22(26)15-39-25)29(35)32(28(21)34)20-5-3-4-19(13-20)30(36)37/h3-5,7-8,10-11,13,21-22,25,27,33,36-37H,6,9,12,14-15H2,1-2H3/b16-10+/t21-,22+,25-,27-/m1/s1. The lowest BCUT2D eigenvalue weighted by Gasteiger charge is -2.31. The van der Waals surface area contributed by atoms with E-state index < -0.39 is 24.8 Å². The second kappa shape index (κ2) is 11.1. The number of amides is 2.